The number of phenols is 1. The van der Waals surface area contributed by atoms with E-state index in [1.165, 1.54) is 5.56 Å². The lowest BCUT2D eigenvalue weighted by Gasteiger charge is -2.09. The van der Waals surface area contributed by atoms with Crippen LogP contribution in [0.2, 0.25) is 0 Å². The van der Waals surface area contributed by atoms with E-state index < -0.39 is 0 Å². The van der Waals surface area contributed by atoms with E-state index in [0.717, 1.165) is 25.1 Å². The fraction of sp³-hybridized carbons (Fsp3) is 0.143. The predicted octanol–water partition coefficient (Wildman–Crippen LogP) is 3.89. The highest BCUT2D eigenvalue weighted by Crippen LogP contribution is 2.32. The molecule has 0 bridgehead atoms. The molecule has 0 atom stereocenters. The van der Waals surface area contributed by atoms with Crippen molar-refractivity contribution in [3.8, 4) is 17.2 Å². The molecule has 0 aliphatic heterocycles. The standard InChI is InChI=1S/C14H13I2NO2/c15-12-7-11(8-13(16)14(12)18)19-10-3-1-9(2-4-10)5-6-17/h1-4,7-8,18H,5-6,17H2. The van der Waals surface area contributed by atoms with Gasteiger partial charge in [0.15, 0.2) is 0 Å². The lowest BCUT2D eigenvalue weighted by Crippen LogP contribution is -2.02. The molecule has 0 saturated heterocycles. The van der Waals surface area contributed by atoms with Crippen molar-refractivity contribution < 1.29 is 9.84 Å². The Kier molecular flexibility index (Phi) is 5.28. The lowest BCUT2D eigenvalue weighted by atomic mass is 10.1. The van der Waals surface area contributed by atoms with Crippen molar-refractivity contribution in [3.05, 3.63) is 49.1 Å². The number of benzene rings is 2. The minimum absolute atomic E-state index is 0.298. The van der Waals surface area contributed by atoms with Crippen molar-refractivity contribution in [2.24, 2.45) is 5.73 Å². The zero-order valence-corrected chi connectivity index (χ0v) is 14.4. The largest absolute Gasteiger partial charge is 0.506 e. The summed E-state index contributed by atoms with van der Waals surface area (Å²) in [7, 11) is 0. The van der Waals surface area contributed by atoms with E-state index in [2.05, 4.69) is 45.2 Å². The third-order valence-corrected chi connectivity index (χ3v) is 4.23. The molecule has 0 radical (unpaired) electrons. The van der Waals surface area contributed by atoms with Crippen LogP contribution in [-0.4, -0.2) is 11.7 Å². The first-order valence-electron chi connectivity index (χ1n) is 5.75. The Labute approximate surface area is 139 Å². The molecular formula is C14H13I2NO2. The van der Waals surface area contributed by atoms with Gasteiger partial charge in [-0.15, -0.1) is 0 Å². The molecule has 2 rings (SSSR count). The molecule has 0 aromatic heterocycles. The topological polar surface area (TPSA) is 55.5 Å². The molecule has 3 nitrogen and oxygen atoms in total. The van der Waals surface area contributed by atoms with Gasteiger partial charge in [0.2, 0.25) is 0 Å². The Morgan fingerprint density at radius 3 is 2.11 bits per heavy atom. The molecule has 0 heterocycles. The summed E-state index contributed by atoms with van der Waals surface area (Å²) in [5.74, 6) is 1.79. The number of ether oxygens (including phenoxy) is 1. The first-order chi connectivity index (χ1) is 9.10. The average Bonchev–Trinajstić information content (AvgIpc) is 2.38. The molecule has 3 N–H and O–H groups in total. The SMILES string of the molecule is NCCc1ccc(Oc2cc(I)c(O)c(I)c2)cc1. The summed E-state index contributed by atoms with van der Waals surface area (Å²) in [5.41, 5.74) is 6.71. The molecule has 0 aliphatic carbocycles. The highest BCUT2D eigenvalue weighted by molar-refractivity contribution is 14.1. The molecule has 19 heavy (non-hydrogen) atoms. The Hall–Kier alpha value is -0.540. The van der Waals surface area contributed by atoms with E-state index in [1.807, 2.05) is 36.4 Å². The lowest BCUT2D eigenvalue weighted by molar-refractivity contribution is 0.457. The van der Waals surface area contributed by atoms with Gasteiger partial charge in [0, 0.05) is 0 Å². The molecule has 100 valence electrons. The third-order valence-electron chi connectivity index (χ3n) is 2.58. The van der Waals surface area contributed by atoms with Crippen molar-refractivity contribution in [3.63, 3.8) is 0 Å². The number of halogens is 2. The summed E-state index contributed by atoms with van der Waals surface area (Å²) < 4.78 is 7.33. The minimum atomic E-state index is 0.298. The average molecular weight is 481 g/mol. The second kappa shape index (κ2) is 6.76. The minimum Gasteiger partial charge on any atom is -0.506 e. The second-order valence-corrected chi connectivity index (χ2v) is 6.34. The fourth-order valence-corrected chi connectivity index (χ4v) is 3.34. The molecule has 0 aliphatic rings. The Morgan fingerprint density at radius 2 is 1.58 bits per heavy atom. The summed E-state index contributed by atoms with van der Waals surface area (Å²) in [6.07, 6.45) is 0.870. The van der Waals surface area contributed by atoms with Gasteiger partial charge in [0.05, 0.1) is 7.14 Å². The summed E-state index contributed by atoms with van der Waals surface area (Å²) in [6.45, 7) is 0.647. The Bertz CT molecular complexity index is 547. The van der Waals surface area contributed by atoms with Crippen molar-refractivity contribution in [2.45, 2.75) is 6.42 Å². The van der Waals surface area contributed by atoms with E-state index in [9.17, 15) is 5.11 Å². The van der Waals surface area contributed by atoms with Crippen LogP contribution >= 0.6 is 45.2 Å². The van der Waals surface area contributed by atoms with Gasteiger partial charge >= 0.3 is 0 Å². The van der Waals surface area contributed by atoms with Gasteiger partial charge in [-0.25, -0.2) is 0 Å². The van der Waals surface area contributed by atoms with Crippen LogP contribution in [0, 0.1) is 7.14 Å². The molecular weight excluding hydrogens is 468 g/mol. The molecule has 0 saturated carbocycles. The highest BCUT2D eigenvalue weighted by atomic mass is 127. The molecule has 2 aromatic carbocycles. The van der Waals surface area contributed by atoms with Crippen LogP contribution in [0.15, 0.2) is 36.4 Å². The quantitative estimate of drug-likeness (QED) is 0.653. The van der Waals surface area contributed by atoms with Crippen molar-refractivity contribution in [2.75, 3.05) is 6.54 Å². The first-order valence-corrected chi connectivity index (χ1v) is 7.91. The number of hydrogen-bond donors (Lipinski definition) is 2. The van der Waals surface area contributed by atoms with Gasteiger partial charge in [-0.3, -0.25) is 0 Å². The van der Waals surface area contributed by atoms with Crippen LogP contribution in [0.5, 0.6) is 17.2 Å². The van der Waals surface area contributed by atoms with E-state index in [4.69, 9.17) is 10.5 Å². The molecule has 5 heteroatoms. The summed E-state index contributed by atoms with van der Waals surface area (Å²) in [6, 6.07) is 11.5. The second-order valence-electron chi connectivity index (χ2n) is 4.02. The van der Waals surface area contributed by atoms with Crippen LogP contribution in [0.3, 0.4) is 0 Å². The van der Waals surface area contributed by atoms with Gasteiger partial charge in [-0.05, 0) is 88.0 Å². The first kappa shape index (κ1) is 14.9. The number of nitrogens with two attached hydrogens (primary N) is 1. The summed E-state index contributed by atoms with van der Waals surface area (Å²) in [4.78, 5) is 0. The normalized spacial score (nSPS) is 10.5. The summed E-state index contributed by atoms with van der Waals surface area (Å²) in [5, 5.41) is 9.71. The van der Waals surface area contributed by atoms with Crippen LogP contribution in [-0.2, 0) is 6.42 Å². The highest BCUT2D eigenvalue weighted by Gasteiger charge is 2.07. The maximum atomic E-state index is 9.71. The molecule has 0 amide bonds. The Morgan fingerprint density at radius 1 is 1.00 bits per heavy atom. The maximum Gasteiger partial charge on any atom is 0.142 e. The van der Waals surface area contributed by atoms with E-state index in [0.29, 0.717) is 12.3 Å². The van der Waals surface area contributed by atoms with Gasteiger partial charge in [-0.2, -0.15) is 0 Å². The monoisotopic (exact) mass is 481 g/mol. The van der Waals surface area contributed by atoms with Crippen LogP contribution < -0.4 is 10.5 Å². The smallest absolute Gasteiger partial charge is 0.142 e. The number of phenolic OH excluding ortho intramolecular Hbond substituents is 1. The van der Waals surface area contributed by atoms with Crippen LogP contribution in [0.25, 0.3) is 0 Å². The predicted molar refractivity (Wildman–Crippen MR) is 92.8 cm³/mol. The van der Waals surface area contributed by atoms with Crippen molar-refractivity contribution >= 4 is 45.2 Å². The van der Waals surface area contributed by atoms with E-state index in [-0.39, 0.29) is 0 Å². The molecule has 2 aromatic rings. The summed E-state index contributed by atoms with van der Waals surface area (Å²) >= 11 is 4.17. The Balaban J connectivity index is 2.17. The van der Waals surface area contributed by atoms with Gasteiger partial charge in [0.25, 0.3) is 0 Å². The van der Waals surface area contributed by atoms with Gasteiger partial charge in [0.1, 0.15) is 17.2 Å². The maximum absolute atomic E-state index is 9.71. The number of rotatable bonds is 4. The zero-order valence-electron chi connectivity index (χ0n) is 10.1. The van der Waals surface area contributed by atoms with Gasteiger partial charge in [-0.1, -0.05) is 12.1 Å². The van der Waals surface area contributed by atoms with Crippen LogP contribution in [0.1, 0.15) is 5.56 Å². The number of hydrogen-bond acceptors (Lipinski definition) is 3. The number of aromatic hydroxyl groups is 1. The van der Waals surface area contributed by atoms with Crippen molar-refractivity contribution in [1.29, 1.82) is 0 Å². The molecule has 0 fully saturated rings. The molecule has 0 unspecified atom stereocenters. The van der Waals surface area contributed by atoms with Crippen molar-refractivity contribution in [1.82, 2.24) is 0 Å². The van der Waals surface area contributed by atoms with Crippen LogP contribution in [0.4, 0.5) is 0 Å². The zero-order chi connectivity index (χ0) is 13.8. The third kappa shape index (κ3) is 3.96. The van der Waals surface area contributed by atoms with E-state index >= 15 is 0 Å². The van der Waals surface area contributed by atoms with Gasteiger partial charge < -0.3 is 15.6 Å². The molecule has 0 spiro atoms. The fourth-order valence-electron chi connectivity index (χ4n) is 1.63. The van der Waals surface area contributed by atoms with E-state index in [1.54, 1.807) is 0 Å².